The number of carbonyl (C=O) groups excluding carboxylic acids is 1. The van der Waals surface area contributed by atoms with Crippen molar-refractivity contribution in [2.75, 3.05) is 53.3 Å². The SMILES string of the molecule is COCCOCCOCCOC(=O)C1CCNC1C. The molecule has 1 heterocycles. The van der Waals surface area contributed by atoms with Gasteiger partial charge >= 0.3 is 5.97 Å². The first-order chi connectivity index (χ1) is 9.25. The minimum Gasteiger partial charge on any atom is -0.463 e. The minimum absolute atomic E-state index is 0.0163. The van der Waals surface area contributed by atoms with Crippen LogP contribution < -0.4 is 5.32 Å². The zero-order chi connectivity index (χ0) is 13.9. The monoisotopic (exact) mass is 275 g/mol. The summed E-state index contributed by atoms with van der Waals surface area (Å²) in [6.07, 6.45) is 0.855. The minimum atomic E-state index is -0.127. The molecule has 0 saturated carbocycles. The van der Waals surface area contributed by atoms with E-state index < -0.39 is 0 Å². The van der Waals surface area contributed by atoms with Gasteiger partial charge in [-0.3, -0.25) is 4.79 Å². The number of ether oxygens (including phenoxy) is 4. The maximum Gasteiger partial charge on any atom is 0.310 e. The molecule has 0 aromatic rings. The quantitative estimate of drug-likeness (QED) is 0.454. The zero-order valence-electron chi connectivity index (χ0n) is 11.9. The predicted octanol–water partition coefficient (Wildman–Crippen LogP) is 0.207. The molecule has 1 rings (SSSR count). The molecule has 2 unspecified atom stereocenters. The number of nitrogens with one attached hydrogen (secondary N) is 1. The van der Waals surface area contributed by atoms with Crippen LogP contribution in [0.15, 0.2) is 0 Å². The van der Waals surface area contributed by atoms with Crippen LogP contribution in [0, 0.1) is 5.92 Å². The van der Waals surface area contributed by atoms with Gasteiger partial charge in [-0.2, -0.15) is 0 Å². The summed E-state index contributed by atoms with van der Waals surface area (Å²) in [5.41, 5.74) is 0. The number of methoxy groups -OCH3 is 1. The Morgan fingerprint density at radius 1 is 1.11 bits per heavy atom. The summed E-state index contributed by atoms with van der Waals surface area (Å²) in [5, 5.41) is 3.23. The number of hydrogen-bond donors (Lipinski definition) is 1. The number of hydrogen-bond acceptors (Lipinski definition) is 6. The summed E-state index contributed by atoms with van der Waals surface area (Å²) >= 11 is 0. The fraction of sp³-hybridized carbons (Fsp3) is 0.923. The second-order valence-electron chi connectivity index (χ2n) is 4.52. The molecule has 1 fully saturated rings. The first kappa shape index (κ1) is 16.4. The maximum atomic E-state index is 11.7. The molecule has 0 amide bonds. The zero-order valence-corrected chi connectivity index (χ0v) is 11.9. The molecule has 1 aliphatic rings. The van der Waals surface area contributed by atoms with Crippen molar-refractivity contribution in [2.45, 2.75) is 19.4 Å². The topological polar surface area (TPSA) is 66.0 Å². The molecule has 1 aliphatic heterocycles. The lowest BCUT2D eigenvalue weighted by Crippen LogP contribution is -2.30. The van der Waals surface area contributed by atoms with Crippen LogP contribution in [0.4, 0.5) is 0 Å². The lowest BCUT2D eigenvalue weighted by atomic mass is 10.0. The lowest BCUT2D eigenvalue weighted by molar-refractivity contribution is -0.150. The van der Waals surface area contributed by atoms with Gasteiger partial charge in [0.15, 0.2) is 0 Å². The highest BCUT2D eigenvalue weighted by molar-refractivity contribution is 5.73. The van der Waals surface area contributed by atoms with E-state index in [9.17, 15) is 4.79 Å². The molecule has 1 saturated heterocycles. The third-order valence-electron chi connectivity index (χ3n) is 3.10. The molecule has 0 aliphatic carbocycles. The van der Waals surface area contributed by atoms with Gasteiger partial charge in [-0.1, -0.05) is 0 Å². The van der Waals surface area contributed by atoms with E-state index in [4.69, 9.17) is 18.9 Å². The molecule has 0 spiro atoms. The van der Waals surface area contributed by atoms with Crippen molar-refractivity contribution in [3.63, 3.8) is 0 Å². The number of carbonyl (C=O) groups is 1. The van der Waals surface area contributed by atoms with Gasteiger partial charge in [0.1, 0.15) is 6.61 Å². The summed E-state index contributed by atoms with van der Waals surface area (Å²) in [6.45, 7) is 5.80. The molecule has 0 aromatic carbocycles. The highest BCUT2D eigenvalue weighted by Crippen LogP contribution is 2.16. The molecular formula is C13H25NO5. The Morgan fingerprint density at radius 2 is 1.74 bits per heavy atom. The fourth-order valence-electron chi connectivity index (χ4n) is 1.95. The maximum absolute atomic E-state index is 11.7. The van der Waals surface area contributed by atoms with E-state index in [1.165, 1.54) is 0 Å². The fourth-order valence-corrected chi connectivity index (χ4v) is 1.95. The Hall–Kier alpha value is -0.690. The Morgan fingerprint density at radius 3 is 2.32 bits per heavy atom. The largest absolute Gasteiger partial charge is 0.463 e. The second kappa shape index (κ2) is 10.1. The molecule has 0 bridgehead atoms. The van der Waals surface area contributed by atoms with Crippen LogP contribution in [0.2, 0.25) is 0 Å². The van der Waals surface area contributed by atoms with Crippen molar-refractivity contribution in [3.05, 3.63) is 0 Å². The summed E-state index contributed by atoms with van der Waals surface area (Å²) in [4.78, 5) is 11.7. The van der Waals surface area contributed by atoms with E-state index in [1.807, 2.05) is 6.92 Å². The molecule has 0 aromatic heterocycles. The first-order valence-corrected chi connectivity index (χ1v) is 6.80. The standard InChI is InChI=1S/C13H25NO5/c1-11-12(3-4-14-11)13(15)19-10-9-18-8-7-17-6-5-16-2/h11-12,14H,3-10H2,1-2H3. The van der Waals surface area contributed by atoms with Crippen molar-refractivity contribution in [1.29, 1.82) is 0 Å². The van der Waals surface area contributed by atoms with Crippen LogP contribution in [-0.4, -0.2) is 65.3 Å². The first-order valence-electron chi connectivity index (χ1n) is 6.80. The highest BCUT2D eigenvalue weighted by atomic mass is 16.6. The Labute approximate surface area is 114 Å². The summed E-state index contributed by atoms with van der Waals surface area (Å²) < 4.78 is 20.5. The van der Waals surface area contributed by atoms with E-state index in [0.29, 0.717) is 39.6 Å². The van der Waals surface area contributed by atoms with Crippen LogP contribution >= 0.6 is 0 Å². The third kappa shape index (κ3) is 6.87. The smallest absolute Gasteiger partial charge is 0.310 e. The van der Waals surface area contributed by atoms with Gasteiger partial charge in [0.25, 0.3) is 0 Å². The van der Waals surface area contributed by atoms with Crippen LogP contribution in [-0.2, 0) is 23.7 Å². The Kier molecular flexibility index (Phi) is 8.73. The van der Waals surface area contributed by atoms with Crippen LogP contribution in [0.1, 0.15) is 13.3 Å². The van der Waals surface area contributed by atoms with Gasteiger partial charge in [-0.25, -0.2) is 0 Å². The van der Waals surface area contributed by atoms with E-state index in [1.54, 1.807) is 7.11 Å². The average molecular weight is 275 g/mol. The van der Waals surface area contributed by atoms with Gasteiger partial charge in [0, 0.05) is 13.2 Å². The van der Waals surface area contributed by atoms with Gasteiger partial charge in [-0.05, 0) is 19.9 Å². The van der Waals surface area contributed by atoms with Crippen molar-refractivity contribution >= 4 is 5.97 Å². The molecule has 6 nitrogen and oxygen atoms in total. The molecular weight excluding hydrogens is 250 g/mol. The lowest BCUT2D eigenvalue weighted by Gasteiger charge is -2.14. The number of rotatable bonds is 10. The second-order valence-corrected chi connectivity index (χ2v) is 4.52. The van der Waals surface area contributed by atoms with Crippen molar-refractivity contribution in [2.24, 2.45) is 5.92 Å². The van der Waals surface area contributed by atoms with Crippen molar-refractivity contribution in [3.8, 4) is 0 Å². The molecule has 1 N–H and O–H groups in total. The Bertz CT molecular complexity index is 249. The van der Waals surface area contributed by atoms with Crippen LogP contribution in [0.5, 0.6) is 0 Å². The summed E-state index contributed by atoms with van der Waals surface area (Å²) in [7, 11) is 1.63. The summed E-state index contributed by atoms with van der Waals surface area (Å²) in [6, 6.07) is 0.211. The van der Waals surface area contributed by atoms with E-state index in [2.05, 4.69) is 5.32 Å². The molecule has 19 heavy (non-hydrogen) atoms. The van der Waals surface area contributed by atoms with Crippen molar-refractivity contribution in [1.82, 2.24) is 5.32 Å². The molecule has 6 heteroatoms. The third-order valence-corrected chi connectivity index (χ3v) is 3.10. The predicted molar refractivity (Wildman–Crippen MR) is 70.0 cm³/mol. The normalized spacial score (nSPS) is 22.6. The van der Waals surface area contributed by atoms with Gasteiger partial charge in [-0.15, -0.1) is 0 Å². The van der Waals surface area contributed by atoms with Gasteiger partial charge < -0.3 is 24.3 Å². The molecule has 0 radical (unpaired) electrons. The number of esters is 1. The van der Waals surface area contributed by atoms with Crippen LogP contribution in [0.25, 0.3) is 0 Å². The average Bonchev–Trinajstić information content (AvgIpc) is 2.83. The summed E-state index contributed by atoms with van der Waals surface area (Å²) in [5.74, 6) is -0.144. The van der Waals surface area contributed by atoms with Crippen molar-refractivity contribution < 1.29 is 23.7 Å². The van der Waals surface area contributed by atoms with E-state index >= 15 is 0 Å². The van der Waals surface area contributed by atoms with Gasteiger partial charge in [0.05, 0.1) is 39.0 Å². The molecule has 2 atom stereocenters. The Balaban J connectivity index is 1.89. The van der Waals surface area contributed by atoms with E-state index in [0.717, 1.165) is 13.0 Å². The highest BCUT2D eigenvalue weighted by Gasteiger charge is 2.30. The molecule has 112 valence electrons. The van der Waals surface area contributed by atoms with Gasteiger partial charge in [0.2, 0.25) is 0 Å². The van der Waals surface area contributed by atoms with E-state index in [-0.39, 0.29) is 17.9 Å². The van der Waals surface area contributed by atoms with Crippen LogP contribution in [0.3, 0.4) is 0 Å².